The average Bonchev–Trinajstić information content (AvgIpc) is 3.25. The zero-order chi connectivity index (χ0) is 22.8. The number of carbonyl (C=O) groups excluding carboxylic acids is 1. The highest BCUT2D eigenvalue weighted by Gasteiger charge is 2.16. The molecule has 0 amide bonds. The number of carbonyl (C=O) groups is 1. The number of rotatable bonds is 6. The van der Waals surface area contributed by atoms with Crippen molar-refractivity contribution in [3.05, 3.63) is 60.2 Å². The molecule has 0 bridgehead atoms. The van der Waals surface area contributed by atoms with Crippen molar-refractivity contribution < 1.29 is 4.79 Å². The standard InChI is InChI=1S/C24H26N8O/c1-30-7-9-32(10-8-30)24-12-17(5-6-25-24)11-20(33)13-19-14-22-18(15-26-19)3-4-21(27-22)23-16-31(2)29-28-23/h3-6,12,14-16H,7-11,13H2,1-2H3. The van der Waals surface area contributed by atoms with Gasteiger partial charge >= 0.3 is 0 Å². The predicted molar refractivity (Wildman–Crippen MR) is 126 cm³/mol. The van der Waals surface area contributed by atoms with Gasteiger partial charge in [-0.1, -0.05) is 5.21 Å². The second-order valence-corrected chi connectivity index (χ2v) is 8.55. The first-order valence-corrected chi connectivity index (χ1v) is 11.1. The molecule has 33 heavy (non-hydrogen) atoms. The summed E-state index contributed by atoms with van der Waals surface area (Å²) in [5.41, 5.74) is 3.93. The summed E-state index contributed by atoms with van der Waals surface area (Å²) in [7, 11) is 3.95. The minimum Gasteiger partial charge on any atom is -0.354 e. The van der Waals surface area contributed by atoms with Crippen molar-refractivity contribution in [3.8, 4) is 11.4 Å². The van der Waals surface area contributed by atoms with Crippen molar-refractivity contribution in [1.29, 1.82) is 0 Å². The molecule has 9 heteroatoms. The minimum atomic E-state index is 0.113. The number of likely N-dealkylation sites (N-methyl/N-ethyl adjacent to an activating group) is 1. The molecule has 0 N–H and O–H groups in total. The number of piperazine rings is 1. The van der Waals surface area contributed by atoms with Crippen LogP contribution in [0.25, 0.3) is 22.3 Å². The third-order valence-corrected chi connectivity index (χ3v) is 5.91. The molecule has 1 aliphatic heterocycles. The summed E-state index contributed by atoms with van der Waals surface area (Å²) in [4.78, 5) is 31.1. The van der Waals surface area contributed by atoms with Crippen molar-refractivity contribution in [1.82, 2.24) is 34.8 Å². The van der Waals surface area contributed by atoms with Crippen LogP contribution in [0.2, 0.25) is 0 Å². The maximum absolute atomic E-state index is 12.8. The summed E-state index contributed by atoms with van der Waals surface area (Å²) in [6, 6.07) is 9.70. The number of ketones is 1. The van der Waals surface area contributed by atoms with E-state index in [1.165, 1.54) is 0 Å². The average molecular weight is 443 g/mol. The van der Waals surface area contributed by atoms with Gasteiger partial charge in [0.2, 0.25) is 0 Å². The topological polar surface area (TPSA) is 92.9 Å². The number of nitrogens with zero attached hydrogens (tertiary/aromatic N) is 8. The monoisotopic (exact) mass is 442 g/mol. The van der Waals surface area contributed by atoms with Gasteiger partial charge in [-0.25, -0.2) is 9.97 Å². The summed E-state index contributed by atoms with van der Waals surface area (Å²) in [6.45, 7) is 3.94. The Morgan fingerprint density at radius 2 is 1.82 bits per heavy atom. The predicted octanol–water partition coefficient (Wildman–Crippen LogP) is 1.93. The van der Waals surface area contributed by atoms with Crippen LogP contribution in [0.4, 0.5) is 5.82 Å². The highest BCUT2D eigenvalue weighted by molar-refractivity contribution is 5.85. The smallest absolute Gasteiger partial charge is 0.143 e. The second kappa shape index (κ2) is 9.03. The lowest BCUT2D eigenvalue weighted by Crippen LogP contribution is -2.44. The number of hydrogen-bond acceptors (Lipinski definition) is 8. The summed E-state index contributed by atoms with van der Waals surface area (Å²) in [5.74, 6) is 1.06. The molecule has 1 aliphatic rings. The summed E-state index contributed by atoms with van der Waals surface area (Å²) in [5, 5.41) is 9.02. The molecule has 0 aliphatic carbocycles. The van der Waals surface area contributed by atoms with Crippen molar-refractivity contribution in [2.75, 3.05) is 38.1 Å². The van der Waals surface area contributed by atoms with E-state index in [0.717, 1.165) is 54.2 Å². The maximum Gasteiger partial charge on any atom is 0.143 e. The zero-order valence-electron chi connectivity index (χ0n) is 18.8. The first-order chi connectivity index (χ1) is 16.0. The van der Waals surface area contributed by atoms with Gasteiger partial charge in [0.25, 0.3) is 0 Å². The van der Waals surface area contributed by atoms with Gasteiger partial charge < -0.3 is 9.80 Å². The van der Waals surface area contributed by atoms with E-state index in [4.69, 9.17) is 4.98 Å². The maximum atomic E-state index is 12.8. The number of anilines is 1. The first-order valence-electron chi connectivity index (χ1n) is 11.1. The van der Waals surface area contributed by atoms with Gasteiger partial charge in [-0.2, -0.15) is 0 Å². The normalized spacial score (nSPS) is 14.7. The lowest BCUT2D eigenvalue weighted by Gasteiger charge is -2.33. The molecule has 5 rings (SSSR count). The van der Waals surface area contributed by atoms with Gasteiger partial charge in [-0.15, -0.1) is 5.10 Å². The molecule has 0 spiro atoms. The summed E-state index contributed by atoms with van der Waals surface area (Å²) in [6.07, 6.45) is 6.01. The molecule has 0 radical (unpaired) electrons. The van der Waals surface area contributed by atoms with Crippen molar-refractivity contribution in [2.24, 2.45) is 7.05 Å². The number of aryl methyl sites for hydroxylation is 1. The Labute approximate surface area is 192 Å². The van der Waals surface area contributed by atoms with Gasteiger partial charge in [-0.05, 0) is 42.9 Å². The van der Waals surface area contributed by atoms with E-state index in [-0.39, 0.29) is 12.2 Å². The van der Waals surface area contributed by atoms with Crippen LogP contribution in [0.3, 0.4) is 0 Å². The van der Waals surface area contributed by atoms with E-state index < -0.39 is 0 Å². The summed E-state index contributed by atoms with van der Waals surface area (Å²) >= 11 is 0. The molecular formula is C24H26N8O. The fourth-order valence-electron chi connectivity index (χ4n) is 4.03. The van der Waals surface area contributed by atoms with E-state index in [9.17, 15) is 4.79 Å². The van der Waals surface area contributed by atoms with Crippen molar-refractivity contribution in [3.63, 3.8) is 0 Å². The molecule has 0 unspecified atom stereocenters. The number of fused-ring (bicyclic) bond motifs is 1. The van der Waals surface area contributed by atoms with E-state index in [0.29, 0.717) is 17.8 Å². The number of pyridine rings is 3. The molecule has 168 valence electrons. The molecule has 1 saturated heterocycles. The van der Waals surface area contributed by atoms with Gasteiger partial charge in [0.1, 0.15) is 17.3 Å². The van der Waals surface area contributed by atoms with Gasteiger partial charge in [0.05, 0.1) is 17.4 Å². The molecule has 5 heterocycles. The first kappa shape index (κ1) is 21.1. The Morgan fingerprint density at radius 3 is 2.61 bits per heavy atom. The Kier molecular flexibility index (Phi) is 5.78. The zero-order valence-corrected chi connectivity index (χ0v) is 18.8. The van der Waals surface area contributed by atoms with Gasteiger partial charge in [-0.3, -0.25) is 14.5 Å². The SMILES string of the molecule is CN1CCN(c2cc(CC(=O)Cc3cc4nc(-c5cn(C)nn5)ccc4cn3)ccn2)CC1. The van der Waals surface area contributed by atoms with Crippen molar-refractivity contribution in [2.45, 2.75) is 12.8 Å². The van der Waals surface area contributed by atoms with E-state index in [1.807, 2.05) is 43.6 Å². The van der Waals surface area contributed by atoms with Crippen molar-refractivity contribution >= 4 is 22.5 Å². The lowest BCUT2D eigenvalue weighted by molar-refractivity contribution is -0.117. The van der Waals surface area contributed by atoms with Crippen LogP contribution in [0.15, 0.2) is 48.9 Å². The van der Waals surface area contributed by atoms with Crippen LogP contribution < -0.4 is 4.90 Å². The van der Waals surface area contributed by atoms with Gasteiger partial charge in [0, 0.05) is 69.5 Å². The van der Waals surface area contributed by atoms with Crippen LogP contribution in [0, 0.1) is 0 Å². The third kappa shape index (κ3) is 4.88. The molecule has 0 aromatic carbocycles. The lowest BCUT2D eigenvalue weighted by atomic mass is 10.1. The second-order valence-electron chi connectivity index (χ2n) is 8.55. The van der Waals surface area contributed by atoms with Crippen LogP contribution in [0.5, 0.6) is 0 Å². The van der Waals surface area contributed by atoms with E-state index in [2.05, 4.69) is 37.1 Å². The van der Waals surface area contributed by atoms with Crippen LogP contribution in [-0.4, -0.2) is 73.9 Å². The highest BCUT2D eigenvalue weighted by Crippen LogP contribution is 2.20. The molecule has 0 atom stereocenters. The molecule has 4 aromatic rings. The van der Waals surface area contributed by atoms with Crippen LogP contribution in [-0.2, 0) is 24.7 Å². The number of Topliss-reactive ketones (excluding diaryl/α,β-unsaturated/α-hetero) is 1. The minimum absolute atomic E-state index is 0.113. The largest absolute Gasteiger partial charge is 0.354 e. The van der Waals surface area contributed by atoms with Crippen LogP contribution in [0.1, 0.15) is 11.3 Å². The Balaban J connectivity index is 1.28. The van der Waals surface area contributed by atoms with E-state index >= 15 is 0 Å². The fourth-order valence-corrected chi connectivity index (χ4v) is 4.03. The highest BCUT2D eigenvalue weighted by atomic mass is 16.1. The quantitative estimate of drug-likeness (QED) is 0.447. The number of hydrogen-bond donors (Lipinski definition) is 0. The number of aromatic nitrogens is 6. The van der Waals surface area contributed by atoms with Crippen LogP contribution >= 0.6 is 0 Å². The molecule has 4 aromatic heterocycles. The third-order valence-electron chi connectivity index (χ3n) is 5.91. The Morgan fingerprint density at radius 1 is 0.970 bits per heavy atom. The molecule has 9 nitrogen and oxygen atoms in total. The fraction of sp³-hybridized carbons (Fsp3) is 0.333. The molecular weight excluding hydrogens is 416 g/mol. The summed E-state index contributed by atoms with van der Waals surface area (Å²) < 4.78 is 1.64. The Bertz CT molecular complexity index is 1290. The van der Waals surface area contributed by atoms with E-state index in [1.54, 1.807) is 17.1 Å². The molecule has 0 saturated carbocycles. The molecule has 1 fully saturated rings. The van der Waals surface area contributed by atoms with Gasteiger partial charge in [0.15, 0.2) is 0 Å². The Hall–Kier alpha value is -3.72.